The molecule has 162 valence electrons. The fraction of sp³-hybridized carbons (Fsp3) is 0.375. The molecule has 2 atom stereocenters. The molecule has 3 aromatic rings. The average Bonchev–Trinajstić information content (AvgIpc) is 3.25. The van der Waals surface area contributed by atoms with E-state index in [0.717, 1.165) is 30.5 Å². The van der Waals surface area contributed by atoms with Crippen LogP contribution in [0.15, 0.2) is 53.6 Å². The second kappa shape index (κ2) is 8.81. The van der Waals surface area contributed by atoms with Crippen LogP contribution in [-0.2, 0) is 7.05 Å². The number of aromatic nitrogens is 3. The summed E-state index contributed by atoms with van der Waals surface area (Å²) in [6, 6.07) is 11.2. The molecule has 2 aromatic heterocycles. The SMILES string of the molecule is CC(C)[C@@H](N)C1CCCN1c1nc(-c2ccncc2)c(-c2ccc(Cl)cc2)c(=O)n1C. The van der Waals surface area contributed by atoms with Gasteiger partial charge in [0.2, 0.25) is 5.95 Å². The van der Waals surface area contributed by atoms with Crippen LogP contribution in [0.1, 0.15) is 26.7 Å². The van der Waals surface area contributed by atoms with Gasteiger partial charge in [0, 0.05) is 48.7 Å². The van der Waals surface area contributed by atoms with E-state index in [2.05, 4.69) is 23.7 Å². The molecule has 6 nitrogen and oxygen atoms in total. The van der Waals surface area contributed by atoms with E-state index in [1.165, 1.54) is 0 Å². The number of nitrogens with zero attached hydrogens (tertiary/aromatic N) is 4. The number of hydrogen-bond donors (Lipinski definition) is 1. The summed E-state index contributed by atoms with van der Waals surface area (Å²) in [5.74, 6) is 1.00. The molecular weight excluding hydrogens is 410 g/mol. The highest BCUT2D eigenvalue weighted by atomic mass is 35.5. The van der Waals surface area contributed by atoms with Crippen LogP contribution in [0.2, 0.25) is 5.02 Å². The lowest BCUT2D eigenvalue weighted by Crippen LogP contribution is -2.48. The molecule has 1 aliphatic heterocycles. The molecule has 1 fully saturated rings. The summed E-state index contributed by atoms with van der Waals surface area (Å²) in [4.78, 5) is 25.0. The van der Waals surface area contributed by atoms with Gasteiger partial charge in [0.15, 0.2) is 0 Å². The molecule has 2 N–H and O–H groups in total. The fourth-order valence-electron chi connectivity index (χ4n) is 4.33. The third kappa shape index (κ3) is 4.10. The predicted octanol–water partition coefficient (Wildman–Crippen LogP) is 4.11. The number of benzene rings is 1. The van der Waals surface area contributed by atoms with Crippen molar-refractivity contribution < 1.29 is 0 Å². The molecule has 0 aliphatic carbocycles. The molecule has 3 heterocycles. The molecule has 0 spiro atoms. The van der Waals surface area contributed by atoms with Crippen LogP contribution >= 0.6 is 11.6 Å². The van der Waals surface area contributed by atoms with Crippen LogP contribution in [0.3, 0.4) is 0 Å². The summed E-state index contributed by atoms with van der Waals surface area (Å²) >= 11 is 6.08. The van der Waals surface area contributed by atoms with Crippen LogP contribution in [-0.4, -0.2) is 33.2 Å². The Morgan fingerprint density at radius 1 is 1.10 bits per heavy atom. The highest BCUT2D eigenvalue weighted by Gasteiger charge is 2.34. The second-order valence-electron chi connectivity index (χ2n) is 8.47. The minimum Gasteiger partial charge on any atom is -0.338 e. The number of anilines is 1. The highest BCUT2D eigenvalue weighted by molar-refractivity contribution is 6.30. The van der Waals surface area contributed by atoms with E-state index in [1.807, 2.05) is 24.3 Å². The van der Waals surface area contributed by atoms with Gasteiger partial charge in [0.05, 0.1) is 11.3 Å². The summed E-state index contributed by atoms with van der Waals surface area (Å²) in [5.41, 5.74) is 9.28. The lowest BCUT2D eigenvalue weighted by atomic mass is 9.95. The molecule has 1 saturated heterocycles. The fourth-order valence-corrected chi connectivity index (χ4v) is 4.45. The Morgan fingerprint density at radius 3 is 2.42 bits per heavy atom. The first kappa shape index (κ1) is 21.5. The van der Waals surface area contributed by atoms with Crippen LogP contribution in [0.5, 0.6) is 0 Å². The van der Waals surface area contributed by atoms with Gasteiger partial charge >= 0.3 is 0 Å². The average molecular weight is 438 g/mol. The molecular formula is C24H28ClN5O. The van der Waals surface area contributed by atoms with Crippen LogP contribution < -0.4 is 16.2 Å². The van der Waals surface area contributed by atoms with Crippen molar-refractivity contribution in [2.45, 2.75) is 38.8 Å². The third-order valence-corrected chi connectivity index (χ3v) is 6.38. The third-order valence-electron chi connectivity index (χ3n) is 6.12. The van der Waals surface area contributed by atoms with E-state index in [0.29, 0.717) is 28.1 Å². The molecule has 7 heteroatoms. The first-order valence-corrected chi connectivity index (χ1v) is 11.1. The topological polar surface area (TPSA) is 77.0 Å². The Bertz CT molecular complexity index is 1110. The van der Waals surface area contributed by atoms with Crippen LogP contribution in [0.4, 0.5) is 5.95 Å². The molecule has 0 amide bonds. The molecule has 31 heavy (non-hydrogen) atoms. The van der Waals surface area contributed by atoms with Crippen molar-refractivity contribution in [1.29, 1.82) is 0 Å². The standard InChI is InChI=1S/C24H28ClN5O/c1-15(2)21(26)19-5-4-14-30(19)24-28-22(17-10-12-27-13-11-17)20(23(31)29(24)3)16-6-8-18(25)9-7-16/h6-13,15,19,21H,4-5,14,26H2,1-3H3/t19?,21-/m1/s1. The Kier molecular flexibility index (Phi) is 6.12. The molecule has 1 aromatic carbocycles. The number of nitrogens with two attached hydrogens (primary N) is 1. The maximum atomic E-state index is 13.7. The van der Waals surface area contributed by atoms with E-state index in [1.54, 1.807) is 36.1 Å². The van der Waals surface area contributed by atoms with Crippen LogP contribution in [0, 0.1) is 5.92 Å². The molecule has 0 radical (unpaired) electrons. The van der Waals surface area contributed by atoms with Gasteiger partial charge in [-0.15, -0.1) is 0 Å². The Balaban J connectivity index is 1.92. The van der Waals surface area contributed by atoms with Gasteiger partial charge in [0.1, 0.15) is 0 Å². The van der Waals surface area contributed by atoms with Crippen molar-refractivity contribution in [3.05, 3.63) is 64.2 Å². The highest BCUT2D eigenvalue weighted by Crippen LogP contribution is 2.33. The minimum atomic E-state index is -0.0945. The lowest BCUT2D eigenvalue weighted by molar-refractivity contribution is 0.409. The first-order chi connectivity index (χ1) is 14.9. The van der Waals surface area contributed by atoms with Crippen molar-refractivity contribution in [1.82, 2.24) is 14.5 Å². The summed E-state index contributed by atoms with van der Waals surface area (Å²) in [6.07, 6.45) is 5.46. The zero-order chi connectivity index (χ0) is 22.1. The zero-order valence-corrected chi connectivity index (χ0v) is 18.9. The van der Waals surface area contributed by atoms with Gasteiger partial charge < -0.3 is 10.6 Å². The molecule has 1 aliphatic rings. The number of rotatable bonds is 5. The summed E-state index contributed by atoms with van der Waals surface area (Å²) < 4.78 is 1.65. The van der Waals surface area contributed by atoms with Crippen molar-refractivity contribution in [2.75, 3.05) is 11.4 Å². The number of pyridine rings is 1. The van der Waals surface area contributed by atoms with E-state index in [9.17, 15) is 4.79 Å². The molecule has 0 saturated carbocycles. The Labute approximate surface area is 187 Å². The first-order valence-electron chi connectivity index (χ1n) is 10.7. The van der Waals surface area contributed by atoms with E-state index < -0.39 is 0 Å². The van der Waals surface area contributed by atoms with E-state index in [-0.39, 0.29) is 17.6 Å². The maximum absolute atomic E-state index is 13.7. The van der Waals surface area contributed by atoms with Crippen molar-refractivity contribution in [3.8, 4) is 22.4 Å². The van der Waals surface area contributed by atoms with Gasteiger partial charge in [-0.1, -0.05) is 37.6 Å². The van der Waals surface area contributed by atoms with E-state index in [4.69, 9.17) is 22.3 Å². The monoisotopic (exact) mass is 437 g/mol. The van der Waals surface area contributed by atoms with Crippen molar-refractivity contribution >= 4 is 17.5 Å². The van der Waals surface area contributed by atoms with Gasteiger partial charge in [-0.3, -0.25) is 14.3 Å². The predicted molar refractivity (Wildman–Crippen MR) is 126 cm³/mol. The van der Waals surface area contributed by atoms with Crippen molar-refractivity contribution in [3.63, 3.8) is 0 Å². The second-order valence-corrected chi connectivity index (χ2v) is 8.90. The van der Waals surface area contributed by atoms with Gasteiger partial charge in [-0.05, 0) is 48.6 Å². The molecule has 1 unspecified atom stereocenters. The lowest BCUT2D eigenvalue weighted by Gasteiger charge is -2.33. The smallest absolute Gasteiger partial charge is 0.263 e. The Hall–Kier alpha value is -2.70. The van der Waals surface area contributed by atoms with Gasteiger partial charge in [0.25, 0.3) is 5.56 Å². The molecule has 4 rings (SSSR count). The minimum absolute atomic E-state index is 0.0136. The largest absolute Gasteiger partial charge is 0.338 e. The summed E-state index contributed by atoms with van der Waals surface area (Å²) in [5, 5.41) is 0.623. The van der Waals surface area contributed by atoms with Gasteiger partial charge in [-0.2, -0.15) is 0 Å². The van der Waals surface area contributed by atoms with E-state index >= 15 is 0 Å². The van der Waals surface area contributed by atoms with Crippen LogP contribution in [0.25, 0.3) is 22.4 Å². The van der Waals surface area contributed by atoms with Gasteiger partial charge in [-0.25, -0.2) is 4.98 Å². The number of halogens is 1. The number of hydrogen-bond acceptors (Lipinski definition) is 5. The Morgan fingerprint density at radius 2 is 1.77 bits per heavy atom. The molecule has 0 bridgehead atoms. The van der Waals surface area contributed by atoms with Crippen molar-refractivity contribution in [2.24, 2.45) is 18.7 Å². The normalized spacial score (nSPS) is 17.4. The summed E-state index contributed by atoms with van der Waals surface area (Å²) in [7, 11) is 1.79. The summed E-state index contributed by atoms with van der Waals surface area (Å²) in [6.45, 7) is 5.11. The maximum Gasteiger partial charge on any atom is 0.263 e. The zero-order valence-electron chi connectivity index (χ0n) is 18.1. The quantitative estimate of drug-likeness (QED) is 0.649.